The molecule has 2 nitrogen and oxygen atoms in total. The molecule has 17 heavy (non-hydrogen) atoms. The Morgan fingerprint density at radius 2 is 1.82 bits per heavy atom. The van der Waals surface area contributed by atoms with Crippen LogP contribution < -0.4 is 0 Å². The van der Waals surface area contributed by atoms with E-state index < -0.39 is 0 Å². The van der Waals surface area contributed by atoms with E-state index in [2.05, 4.69) is 0 Å². The number of rotatable bonds is 4. The minimum absolute atomic E-state index is 0.140. The van der Waals surface area contributed by atoms with Crippen molar-refractivity contribution in [1.82, 2.24) is 0 Å². The number of hydrogen-bond acceptors (Lipinski definition) is 2. The Balaban J connectivity index is 2.66. The lowest BCUT2D eigenvalue weighted by molar-refractivity contribution is 0.0983. The average Bonchev–Trinajstić information content (AvgIpc) is 2.37. The molecule has 86 valence electrons. The van der Waals surface area contributed by atoms with E-state index in [0.29, 0.717) is 17.5 Å². The van der Waals surface area contributed by atoms with Gasteiger partial charge in [0.1, 0.15) is 0 Å². The number of hydrogen-bond donors (Lipinski definition) is 0. The van der Waals surface area contributed by atoms with Gasteiger partial charge in [-0.3, -0.25) is 9.59 Å². The number of carbonyl (C=O) groups excluding carboxylic acids is 2. The molecule has 0 aliphatic heterocycles. The van der Waals surface area contributed by atoms with Crippen LogP contribution in [0.25, 0.3) is 10.8 Å². The van der Waals surface area contributed by atoms with E-state index in [1.807, 2.05) is 37.3 Å². The van der Waals surface area contributed by atoms with Crippen LogP contribution in [-0.2, 0) is 0 Å². The summed E-state index contributed by atoms with van der Waals surface area (Å²) >= 11 is 0. The lowest BCUT2D eigenvalue weighted by atomic mass is 9.97. The minimum Gasteiger partial charge on any atom is -0.298 e. The molecular formula is C15H14O2. The van der Waals surface area contributed by atoms with Crippen LogP contribution in [0.2, 0.25) is 0 Å². The summed E-state index contributed by atoms with van der Waals surface area (Å²) in [6.07, 6.45) is 2.21. The highest BCUT2D eigenvalue weighted by atomic mass is 16.1. The van der Waals surface area contributed by atoms with E-state index in [9.17, 15) is 9.59 Å². The molecule has 0 aromatic heterocycles. The Morgan fingerprint density at radius 1 is 1.12 bits per heavy atom. The second-order valence-corrected chi connectivity index (χ2v) is 4.04. The number of aldehydes is 1. The number of ketones is 1. The molecule has 0 N–H and O–H groups in total. The van der Waals surface area contributed by atoms with Crippen molar-refractivity contribution in [2.45, 2.75) is 19.8 Å². The van der Waals surface area contributed by atoms with Gasteiger partial charge >= 0.3 is 0 Å². The van der Waals surface area contributed by atoms with Crippen LogP contribution >= 0.6 is 0 Å². The molecule has 0 fully saturated rings. The van der Waals surface area contributed by atoms with E-state index in [1.54, 1.807) is 6.07 Å². The Kier molecular flexibility index (Phi) is 3.33. The summed E-state index contributed by atoms with van der Waals surface area (Å²) in [5, 5.41) is 1.72. The third kappa shape index (κ3) is 2.11. The molecule has 2 aromatic rings. The van der Waals surface area contributed by atoms with Crippen LogP contribution in [-0.4, -0.2) is 12.1 Å². The molecule has 0 heterocycles. The van der Waals surface area contributed by atoms with E-state index in [1.165, 1.54) is 0 Å². The zero-order chi connectivity index (χ0) is 12.3. The maximum atomic E-state index is 12.0. The summed E-state index contributed by atoms with van der Waals surface area (Å²) in [5.41, 5.74) is 1.35. The van der Waals surface area contributed by atoms with Gasteiger partial charge in [0.05, 0.1) is 0 Å². The molecule has 0 amide bonds. The maximum absolute atomic E-state index is 12.0. The largest absolute Gasteiger partial charge is 0.298 e. The van der Waals surface area contributed by atoms with Crippen LogP contribution in [0.3, 0.4) is 0 Å². The van der Waals surface area contributed by atoms with Crippen LogP contribution in [0.5, 0.6) is 0 Å². The van der Waals surface area contributed by atoms with Crippen molar-refractivity contribution in [2.75, 3.05) is 0 Å². The predicted octanol–water partition coefficient (Wildman–Crippen LogP) is 3.64. The van der Waals surface area contributed by atoms with Gasteiger partial charge in [0, 0.05) is 17.5 Å². The molecule has 0 saturated heterocycles. The van der Waals surface area contributed by atoms with Gasteiger partial charge in [0.25, 0.3) is 0 Å². The van der Waals surface area contributed by atoms with Gasteiger partial charge in [-0.1, -0.05) is 43.3 Å². The highest BCUT2D eigenvalue weighted by Crippen LogP contribution is 2.22. The first kappa shape index (κ1) is 11.5. The van der Waals surface area contributed by atoms with E-state index in [4.69, 9.17) is 0 Å². The highest BCUT2D eigenvalue weighted by Gasteiger charge is 2.10. The SMILES string of the molecule is CCCC(=O)c1cccc2c(C=O)cccc12. The van der Waals surface area contributed by atoms with Crippen molar-refractivity contribution >= 4 is 22.8 Å². The third-order valence-electron chi connectivity index (χ3n) is 2.86. The molecule has 2 rings (SSSR count). The minimum atomic E-state index is 0.140. The molecule has 0 bridgehead atoms. The van der Waals surface area contributed by atoms with Crippen molar-refractivity contribution in [3.8, 4) is 0 Å². The summed E-state index contributed by atoms with van der Waals surface area (Å²) in [6, 6.07) is 11.0. The summed E-state index contributed by atoms with van der Waals surface area (Å²) in [4.78, 5) is 22.9. The van der Waals surface area contributed by atoms with Gasteiger partial charge < -0.3 is 0 Å². The Morgan fingerprint density at radius 3 is 2.53 bits per heavy atom. The fraction of sp³-hybridized carbons (Fsp3) is 0.200. The summed E-state index contributed by atoms with van der Waals surface area (Å²) in [5.74, 6) is 0.140. The Hall–Kier alpha value is -1.96. The van der Waals surface area contributed by atoms with Crippen molar-refractivity contribution in [2.24, 2.45) is 0 Å². The monoisotopic (exact) mass is 226 g/mol. The number of Topliss-reactive ketones (excluding diaryl/α,β-unsaturated/α-hetero) is 1. The van der Waals surface area contributed by atoms with Crippen molar-refractivity contribution in [1.29, 1.82) is 0 Å². The average molecular weight is 226 g/mol. The van der Waals surface area contributed by atoms with Gasteiger partial charge in [0.2, 0.25) is 0 Å². The highest BCUT2D eigenvalue weighted by molar-refractivity contribution is 6.11. The summed E-state index contributed by atoms with van der Waals surface area (Å²) in [6.45, 7) is 1.99. The zero-order valence-electron chi connectivity index (χ0n) is 9.77. The summed E-state index contributed by atoms with van der Waals surface area (Å²) < 4.78 is 0. The molecular weight excluding hydrogens is 212 g/mol. The molecule has 2 heteroatoms. The van der Waals surface area contributed by atoms with E-state index >= 15 is 0 Å². The standard InChI is InChI=1S/C15H14O2/c1-2-5-15(17)14-9-4-7-12-11(10-16)6-3-8-13(12)14/h3-4,6-10H,2,5H2,1H3. The van der Waals surface area contributed by atoms with Gasteiger partial charge in [-0.15, -0.1) is 0 Å². The van der Waals surface area contributed by atoms with Gasteiger partial charge in [-0.25, -0.2) is 0 Å². The first-order chi connectivity index (χ1) is 8.27. The second kappa shape index (κ2) is 4.91. The molecule has 0 saturated carbocycles. The second-order valence-electron chi connectivity index (χ2n) is 4.04. The molecule has 0 aliphatic carbocycles. The maximum Gasteiger partial charge on any atom is 0.163 e. The number of carbonyl (C=O) groups is 2. The van der Waals surface area contributed by atoms with Gasteiger partial charge in [-0.05, 0) is 17.2 Å². The van der Waals surface area contributed by atoms with Crippen LogP contribution in [0.1, 0.15) is 40.5 Å². The quantitative estimate of drug-likeness (QED) is 0.589. The molecule has 0 spiro atoms. The summed E-state index contributed by atoms with van der Waals surface area (Å²) in [7, 11) is 0. The van der Waals surface area contributed by atoms with Gasteiger partial charge in [0.15, 0.2) is 12.1 Å². The molecule has 0 unspecified atom stereocenters. The number of fused-ring (bicyclic) bond motifs is 1. The normalized spacial score (nSPS) is 10.4. The van der Waals surface area contributed by atoms with Crippen molar-refractivity contribution in [3.63, 3.8) is 0 Å². The Bertz CT molecular complexity index is 570. The fourth-order valence-corrected chi connectivity index (χ4v) is 2.04. The first-order valence-corrected chi connectivity index (χ1v) is 5.78. The van der Waals surface area contributed by atoms with E-state index in [-0.39, 0.29) is 5.78 Å². The molecule has 0 aliphatic rings. The molecule has 0 atom stereocenters. The smallest absolute Gasteiger partial charge is 0.163 e. The van der Waals surface area contributed by atoms with E-state index in [0.717, 1.165) is 23.5 Å². The van der Waals surface area contributed by atoms with Crippen LogP contribution in [0, 0.1) is 0 Å². The van der Waals surface area contributed by atoms with Crippen LogP contribution in [0.15, 0.2) is 36.4 Å². The Labute approximate surface area is 100 Å². The third-order valence-corrected chi connectivity index (χ3v) is 2.86. The lowest BCUT2D eigenvalue weighted by Crippen LogP contribution is -1.99. The van der Waals surface area contributed by atoms with Crippen molar-refractivity contribution < 1.29 is 9.59 Å². The fourth-order valence-electron chi connectivity index (χ4n) is 2.04. The topological polar surface area (TPSA) is 34.1 Å². The zero-order valence-corrected chi connectivity index (χ0v) is 9.77. The molecule has 0 radical (unpaired) electrons. The predicted molar refractivity (Wildman–Crippen MR) is 68.6 cm³/mol. The van der Waals surface area contributed by atoms with Crippen molar-refractivity contribution in [3.05, 3.63) is 47.5 Å². The first-order valence-electron chi connectivity index (χ1n) is 5.78. The molecule has 2 aromatic carbocycles. The lowest BCUT2D eigenvalue weighted by Gasteiger charge is -2.06. The van der Waals surface area contributed by atoms with Gasteiger partial charge in [-0.2, -0.15) is 0 Å². The van der Waals surface area contributed by atoms with Crippen LogP contribution in [0.4, 0.5) is 0 Å². The number of benzene rings is 2.